The molecule has 0 aliphatic heterocycles. The summed E-state index contributed by atoms with van der Waals surface area (Å²) in [5.74, 6) is -1.33. The summed E-state index contributed by atoms with van der Waals surface area (Å²) >= 11 is 6.02. The standard InChI is InChI=1S/C23H15ClF4N4O2/c24-17-6-3-7-18(25)19(17)20-30-22(34)32(31-20)15-10-8-13(9-11-15)21(33)29-12-14-4-1-2-5-16(14)23(26,27)28/h1-11H,12H2,(H,29,33)(H,30,31,34). The molecule has 34 heavy (non-hydrogen) atoms. The van der Waals surface area contributed by atoms with Crippen LogP contribution in [0.15, 0.2) is 71.5 Å². The van der Waals surface area contributed by atoms with Crippen molar-refractivity contribution in [3.63, 3.8) is 0 Å². The Labute approximate surface area is 194 Å². The van der Waals surface area contributed by atoms with Crippen molar-refractivity contribution in [1.82, 2.24) is 20.1 Å². The number of benzene rings is 3. The number of carbonyl (C=O) groups excluding carboxylic acids is 1. The summed E-state index contributed by atoms with van der Waals surface area (Å²) in [5, 5.41) is 6.59. The number of aromatic nitrogens is 3. The van der Waals surface area contributed by atoms with E-state index in [0.717, 1.165) is 10.7 Å². The van der Waals surface area contributed by atoms with Gasteiger partial charge in [0.1, 0.15) is 5.82 Å². The summed E-state index contributed by atoms with van der Waals surface area (Å²) in [6.45, 7) is -0.318. The smallest absolute Gasteiger partial charge is 0.348 e. The van der Waals surface area contributed by atoms with E-state index >= 15 is 0 Å². The monoisotopic (exact) mass is 490 g/mol. The molecule has 0 radical (unpaired) electrons. The Morgan fingerprint density at radius 1 is 1.03 bits per heavy atom. The molecule has 6 nitrogen and oxygen atoms in total. The number of carbonyl (C=O) groups is 1. The number of nitrogens with zero attached hydrogens (tertiary/aromatic N) is 2. The van der Waals surface area contributed by atoms with Gasteiger partial charge in [0.25, 0.3) is 5.91 Å². The van der Waals surface area contributed by atoms with Crippen molar-refractivity contribution in [2.24, 2.45) is 0 Å². The van der Waals surface area contributed by atoms with Crippen molar-refractivity contribution in [1.29, 1.82) is 0 Å². The summed E-state index contributed by atoms with van der Waals surface area (Å²) in [6, 6.07) is 14.6. The van der Waals surface area contributed by atoms with Gasteiger partial charge >= 0.3 is 11.9 Å². The van der Waals surface area contributed by atoms with Gasteiger partial charge in [0, 0.05) is 12.1 Å². The lowest BCUT2D eigenvalue weighted by Crippen LogP contribution is -2.24. The van der Waals surface area contributed by atoms with E-state index in [2.05, 4.69) is 15.4 Å². The number of nitrogens with one attached hydrogen (secondary N) is 2. The second-order valence-corrected chi connectivity index (χ2v) is 7.58. The van der Waals surface area contributed by atoms with Crippen LogP contribution in [0.5, 0.6) is 0 Å². The minimum absolute atomic E-state index is 0.0600. The fourth-order valence-electron chi connectivity index (χ4n) is 3.32. The Hall–Kier alpha value is -3.92. The van der Waals surface area contributed by atoms with Gasteiger partial charge < -0.3 is 5.32 Å². The van der Waals surface area contributed by atoms with E-state index in [0.29, 0.717) is 0 Å². The molecule has 4 rings (SSSR count). The molecule has 0 spiro atoms. The third-order valence-electron chi connectivity index (χ3n) is 4.95. The minimum Gasteiger partial charge on any atom is -0.348 e. The Balaban J connectivity index is 1.52. The van der Waals surface area contributed by atoms with Crippen LogP contribution in [0.1, 0.15) is 21.5 Å². The van der Waals surface area contributed by atoms with Crippen molar-refractivity contribution in [3.05, 3.63) is 105 Å². The molecule has 1 heterocycles. The number of H-pyrrole nitrogens is 1. The lowest BCUT2D eigenvalue weighted by Gasteiger charge is -2.13. The number of amides is 1. The zero-order valence-electron chi connectivity index (χ0n) is 17.2. The number of hydrogen-bond donors (Lipinski definition) is 2. The molecule has 0 saturated heterocycles. The summed E-state index contributed by atoms with van der Waals surface area (Å²) in [5.41, 5.74) is -1.17. The zero-order chi connectivity index (χ0) is 24.5. The van der Waals surface area contributed by atoms with Crippen LogP contribution < -0.4 is 11.0 Å². The number of aromatic amines is 1. The molecule has 0 fully saturated rings. The third-order valence-corrected chi connectivity index (χ3v) is 5.27. The topological polar surface area (TPSA) is 79.8 Å². The summed E-state index contributed by atoms with van der Waals surface area (Å²) in [6.07, 6.45) is -4.54. The molecule has 11 heteroatoms. The van der Waals surface area contributed by atoms with Crippen LogP contribution in [0.3, 0.4) is 0 Å². The molecule has 0 aliphatic rings. The van der Waals surface area contributed by atoms with Crippen molar-refractivity contribution >= 4 is 17.5 Å². The van der Waals surface area contributed by atoms with Gasteiger partial charge in [-0.15, -0.1) is 5.10 Å². The van der Waals surface area contributed by atoms with Crippen molar-refractivity contribution < 1.29 is 22.4 Å². The highest BCUT2D eigenvalue weighted by molar-refractivity contribution is 6.33. The Bertz CT molecular complexity index is 1390. The van der Waals surface area contributed by atoms with E-state index in [1.165, 1.54) is 60.7 Å². The molecule has 0 bridgehead atoms. The van der Waals surface area contributed by atoms with Gasteiger partial charge in [0.2, 0.25) is 0 Å². The second-order valence-electron chi connectivity index (χ2n) is 7.17. The quantitative estimate of drug-likeness (QED) is 0.388. The SMILES string of the molecule is O=C(NCc1ccccc1C(F)(F)F)c1ccc(-n2nc(-c3c(F)cccc3Cl)[nH]c2=O)cc1. The molecule has 0 aliphatic carbocycles. The Morgan fingerprint density at radius 3 is 2.41 bits per heavy atom. The zero-order valence-corrected chi connectivity index (χ0v) is 17.9. The van der Waals surface area contributed by atoms with Gasteiger partial charge in [0.15, 0.2) is 5.82 Å². The molecule has 174 valence electrons. The van der Waals surface area contributed by atoms with Gasteiger partial charge in [-0.25, -0.2) is 9.18 Å². The number of rotatable bonds is 5. The summed E-state index contributed by atoms with van der Waals surface area (Å²) in [4.78, 5) is 27.2. The molecular weight excluding hydrogens is 476 g/mol. The van der Waals surface area contributed by atoms with Crippen LogP contribution in [-0.4, -0.2) is 20.7 Å². The van der Waals surface area contributed by atoms with Gasteiger partial charge in [-0.3, -0.25) is 9.78 Å². The highest BCUT2D eigenvalue weighted by Crippen LogP contribution is 2.32. The summed E-state index contributed by atoms with van der Waals surface area (Å²) < 4.78 is 54.4. The van der Waals surface area contributed by atoms with E-state index in [1.807, 2.05) is 0 Å². The average molecular weight is 491 g/mol. The van der Waals surface area contributed by atoms with Crippen LogP contribution in [-0.2, 0) is 12.7 Å². The van der Waals surface area contributed by atoms with Crippen molar-refractivity contribution in [2.45, 2.75) is 12.7 Å². The number of halogens is 5. The molecule has 2 N–H and O–H groups in total. The van der Waals surface area contributed by atoms with Crippen molar-refractivity contribution in [3.8, 4) is 17.1 Å². The predicted molar refractivity (Wildman–Crippen MR) is 117 cm³/mol. The molecule has 1 amide bonds. The maximum absolute atomic E-state index is 14.1. The molecule has 0 saturated carbocycles. The molecule has 0 unspecified atom stereocenters. The van der Waals surface area contributed by atoms with Gasteiger partial charge in [-0.1, -0.05) is 35.9 Å². The van der Waals surface area contributed by atoms with Gasteiger partial charge in [-0.05, 0) is 48.0 Å². The summed E-state index contributed by atoms with van der Waals surface area (Å²) in [7, 11) is 0. The first-order valence-corrected chi connectivity index (χ1v) is 10.2. The lowest BCUT2D eigenvalue weighted by molar-refractivity contribution is -0.138. The van der Waals surface area contributed by atoms with Crippen LogP contribution >= 0.6 is 11.6 Å². The highest BCUT2D eigenvalue weighted by Gasteiger charge is 2.32. The maximum atomic E-state index is 14.1. The highest BCUT2D eigenvalue weighted by atomic mass is 35.5. The maximum Gasteiger partial charge on any atom is 0.416 e. The Morgan fingerprint density at radius 2 is 1.74 bits per heavy atom. The second kappa shape index (κ2) is 9.14. The van der Waals surface area contributed by atoms with E-state index in [4.69, 9.17) is 11.6 Å². The van der Waals surface area contributed by atoms with Crippen molar-refractivity contribution in [2.75, 3.05) is 0 Å². The van der Waals surface area contributed by atoms with E-state index in [9.17, 15) is 27.2 Å². The average Bonchev–Trinajstić information content (AvgIpc) is 3.18. The van der Waals surface area contributed by atoms with Gasteiger partial charge in [0.05, 0.1) is 21.8 Å². The Kier molecular flexibility index (Phi) is 6.25. The fourth-order valence-corrected chi connectivity index (χ4v) is 3.57. The molecule has 0 atom stereocenters. The molecular formula is C23H15ClF4N4O2. The molecule has 4 aromatic rings. The van der Waals surface area contributed by atoms with Crippen LogP contribution in [0.4, 0.5) is 17.6 Å². The first kappa shape index (κ1) is 23.2. The van der Waals surface area contributed by atoms with Crippen LogP contribution in [0, 0.1) is 5.82 Å². The number of alkyl halides is 3. The van der Waals surface area contributed by atoms with E-state index < -0.39 is 29.2 Å². The molecule has 1 aromatic heterocycles. The first-order valence-electron chi connectivity index (χ1n) is 9.82. The first-order chi connectivity index (χ1) is 16.1. The number of hydrogen-bond acceptors (Lipinski definition) is 3. The molecule has 3 aromatic carbocycles. The van der Waals surface area contributed by atoms with Crippen LogP contribution in [0.2, 0.25) is 5.02 Å². The predicted octanol–water partition coefficient (Wildman–Crippen LogP) is 4.97. The van der Waals surface area contributed by atoms with Crippen LogP contribution in [0.25, 0.3) is 17.1 Å². The fraction of sp³-hybridized carbons (Fsp3) is 0.0870. The lowest BCUT2D eigenvalue weighted by atomic mass is 10.1. The van der Waals surface area contributed by atoms with E-state index in [1.54, 1.807) is 0 Å². The largest absolute Gasteiger partial charge is 0.416 e. The van der Waals surface area contributed by atoms with Gasteiger partial charge in [-0.2, -0.15) is 17.9 Å². The third kappa shape index (κ3) is 4.72. The van der Waals surface area contributed by atoms with E-state index in [-0.39, 0.29) is 39.8 Å². The normalized spacial score (nSPS) is 11.4. The minimum atomic E-state index is -4.54.